The average molecular weight is 340 g/mol. The van der Waals surface area contributed by atoms with E-state index >= 15 is 0 Å². The fraction of sp³-hybridized carbons (Fsp3) is 0.400. The number of aromatic nitrogens is 1. The van der Waals surface area contributed by atoms with E-state index in [-0.39, 0.29) is 17.6 Å². The predicted octanol–water partition coefficient (Wildman–Crippen LogP) is 2.69. The first-order valence-corrected chi connectivity index (χ1v) is 8.64. The van der Waals surface area contributed by atoms with Crippen molar-refractivity contribution in [1.82, 2.24) is 9.47 Å². The van der Waals surface area contributed by atoms with Crippen LogP contribution in [-0.4, -0.2) is 34.6 Å². The summed E-state index contributed by atoms with van der Waals surface area (Å²) >= 11 is 0. The summed E-state index contributed by atoms with van der Waals surface area (Å²) in [5.74, 6) is 0.877. The first-order chi connectivity index (χ1) is 12.0. The smallest absolute Gasteiger partial charge is 0.254 e. The third kappa shape index (κ3) is 3.76. The Morgan fingerprint density at radius 1 is 1.12 bits per heavy atom. The normalized spacial score (nSPS) is 15.2. The minimum Gasteiger partial charge on any atom is -0.490 e. The van der Waals surface area contributed by atoms with E-state index in [1.54, 1.807) is 24.2 Å². The summed E-state index contributed by atoms with van der Waals surface area (Å²) in [6.07, 6.45) is 3.34. The third-order valence-corrected chi connectivity index (χ3v) is 4.77. The van der Waals surface area contributed by atoms with Gasteiger partial charge < -0.3 is 14.2 Å². The summed E-state index contributed by atoms with van der Waals surface area (Å²) in [6.45, 7) is 5.39. The highest BCUT2D eigenvalue weighted by Gasteiger charge is 2.25. The molecule has 0 saturated carbocycles. The molecular weight excluding hydrogens is 316 g/mol. The fourth-order valence-electron chi connectivity index (χ4n) is 3.19. The molecule has 25 heavy (non-hydrogen) atoms. The fourth-order valence-corrected chi connectivity index (χ4v) is 3.19. The molecule has 1 aliphatic rings. The highest BCUT2D eigenvalue weighted by atomic mass is 16.5. The van der Waals surface area contributed by atoms with Crippen LogP contribution in [-0.2, 0) is 7.05 Å². The maximum absolute atomic E-state index is 12.6. The molecule has 2 aromatic rings. The van der Waals surface area contributed by atoms with Crippen molar-refractivity contribution in [2.45, 2.75) is 32.8 Å². The Morgan fingerprint density at radius 2 is 1.76 bits per heavy atom. The molecule has 5 nitrogen and oxygen atoms in total. The van der Waals surface area contributed by atoms with Gasteiger partial charge in [-0.1, -0.05) is 18.2 Å². The van der Waals surface area contributed by atoms with Crippen molar-refractivity contribution in [2.75, 3.05) is 13.1 Å². The molecule has 0 spiro atoms. The predicted molar refractivity (Wildman–Crippen MR) is 97.2 cm³/mol. The van der Waals surface area contributed by atoms with Gasteiger partial charge in [0, 0.05) is 50.8 Å². The minimum atomic E-state index is -0.168. The van der Waals surface area contributed by atoms with E-state index in [1.807, 2.05) is 6.07 Å². The second-order valence-electron chi connectivity index (χ2n) is 6.69. The number of para-hydroxylation sites is 1. The lowest BCUT2D eigenvalue weighted by molar-refractivity contribution is 0.0592. The summed E-state index contributed by atoms with van der Waals surface area (Å²) in [5.41, 5.74) is 2.56. The quantitative estimate of drug-likeness (QED) is 0.863. The molecule has 0 radical (unpaired) electrons. The molecule has 1 saturated heterocycles. The molecule has 0 atom stereocenters. The largest absolute Gasteiger partial charge is 0.490 e. The molecule has 0 unspecified atom stereocenters. The summed E-state index contributed by atoms with van der Waals surface area (Å²) in [7, 11) is 1.67. The molecular formula is C20H24N2O3. The van der Waals surface area contributed by atoms with Crippen molar-refractivity contribution in [3.8, 4) is 5.75 Å². The standard InChI is InChI=1S/C20H24N2O3/c1-14-5-4-6-15(2)19(14)25-17-8-11-22(12-9-17)20(24)16-7-10-21(3)18(23)13-16/h4-7,10,13,17H,8-9,11-12H2,1-3H3. The summed E-state index contributed by atoms with van der Waals surface area (Å²) in [5, 5.41) is 0. The number of piperidine rings is 1. The zero-order valence-electron chi connectivity index (χ0n) is 15.0. The van der Waals surface area contributed by atoms with Crippen LogP contribution in [0.25, 0.3) is 0 Å². The number of carbonyl (C=O) groups is 1. The topological polar surface area (TPSA) is 51.5 Å². The zero-order chi connectivity index (χ0) is 18.0. The maximum Gasteiger partial charge on any atom is 0.254 e. The van der Waals surface area contributed by atoms with Crippen LogP contribution < -0.4 is 10.3 Å². The molecule has 1 aliphatic heterocycles. The summed E-state index contributed by atoms with van der Waals surface area (Å²) in [4.78, 5) is 26.1. The second kappa shape index (κ2) is 7.13. The lowest BCUT2D eigenvalue weighted by Crippen LogP contribution is -2.42. The van der Waals surface area contributed by atoms with Gasteiger partial charge in [0.05, 0.1) is 0 Å². The van der Waals surface area contributed by atoms with Crippen molar-refractivity contribution in [3.63, 3.8) is 0 Å². The average Bonchev–Trinajstić information content (AvgIpc) is 2.61. The number of likely N-dealkylation sites (tertiary alicyclic amines) is 1. The molecule has 0 aliphatic carbocycles. The minimum absolute atomic E-state index is 0.0803. The number of rotatable bonds is 3. The number of benzene rings is 1. The highest BCUT2D eigenvalue weighted by Crippen LogP contribution is 2.26. The van der Waals surface area contributed by atoms with Gasteiger partial charge in [0.25, 0.3) is 11.5 Å². The van der Waals surface area contributed by atoms with Crippen LogP contribution in [0.1, 0.15) is 34.3 Å². The molecule has 5 heteroatoms. The lowest BCUT2D eigenvalue weighted by Gasteiger charge is -2.33. The van der Waals surface area contributed by atoms with Crippen LogP contribution in [0.4, 0.5) is 0 Å². The van der Waals surface area contributed by atoms with Crippen molar-refractivity contribution in [3.05, 3.63) is 63.6 Å². The van der Waals surface area contributed by atoms with Gasteiger partial charge in [0.15, 0.2) is 0 Å². The maximum atomic E-state index is 12.6. The van der Waals surface area contributed by atoms with Crippen molar-refractivity contribution in [2.24, 2.45) is 7.05 Å². The van der Waals surface area contributed by atoms with Crippen LogP contribution in [0, 0.1) is 13.8 Å². The van der Waals surface area contributed by atoms with Crippen LogP contribution >= 0.6 is 0 Å². The van der Waals surface area contributed by atoms with E-state index in [9.17, 15) is 9.59 Å². The monoisotopic (exact) mass is 340 g/mol. The molecule has 3 rings (SSSR count). The highest BCUT2D eigenvalue weighted by molar-refractivity contribution is 5.94. The summed E-state index contributed by atoms with van der Waals surface area (Å²) < 4.78 is 7.65. The number of pyridine rings is 1. The number of hydrogen-bond acceptors (Lipinski definition) is 3. The van der Waals surface area contributed by atoms with E-state index < -0.39 is 0 Å². The molecule has 1 fully saturated rings. The Balaban J connectivity index is 1.62. The summed E-state index contributed by atoms with van der Waals surface area (Å²) in [6, 6.07) is 9.24. The molecule has 1 aromatic carbocycles. The van der Waals surface area contributed by atoms with Crippen molar-refractivity contribution >= 4 is 5.91 Å². The van der Waals surface area contributed by atoms with Gasteiger partial charge in [0.1, 0.15) is 11.9 Å². The third-order valence-electron chi connectivity index (χ3n) is 4.77. The van der Waals surface area contributed by atoms with E-state index in [4.69, 9.17) is 4.74 Å². The SMILES string of the molecule is Cc1cccc(C)c1OC1CCN(C(=O)c2ccn(C)c(=O)c2)CC1. The molecule has 0 N–H and O–H groups in total. The molecule has 1 amide bonds. The molecule has 2 heterocycles. The Morgan fingerprint density at radius 3 is 2.36 bits per heavy atom. The van der Waals surface area contributed by atoms with Gasteiger partial charge in [-0.25, -0.2) is 0 Å². The Kier molecular flexibility index (Phi) is 4.93. The number of nitrogens with zero attached hydrogens (tertiary/aromatic N) is 2. The lowest BCUT2D eigenvalue weighted by atomic mass is 10.1. The number of carbonyl (C=O) groups excluding carboxylic acids is 1. The molecule has 0 bridgehead atoms. The first kappa shape index (κ1) is 17.3. The zero-order valence-corrected chi connectivity index (χ0v) is 15.0. The van der Waals surface area contributed by atoms with Gasteiger partial charge in [-0.3, -0.25) is 9.59 Å². The Bertz CT molecular complexity index is 813. The van der Waals surface area contributed by atoms with Gasteiger partial charge in [-0.15, -0.1) is 0 Å². The number of amides is 1. The molecule has 1 aromatic heterocycles. The molecule has 132 valence electrons. The van der Waals surface area contributed by atoms with Gasteiger partial charge in [0.2, 0.25) is 0 Å². The van der Waals surface area contributed by atoms with Gasteiger partial charge in [-0.05, 0) is 31.0 Å². The first-order valence-electron chi connectivity index (χ1n) is 8.64. The number of hydrogen-bond donors (Lipinski definition) is 0. The van der Waals surface area contributed by atoms with E-state index in [1.165, 1.54) is 10.6 Å². The van der Waals surface area contributed by atoms with E-state index in [0.29, 0.717) is 18.7 Å². The van der Waals surface area contributed by atoms with E-state index in [2.05, 4.69) is 26.0 Å². The van der Waals surface area contributed by atoms with Crippen LogP contribution in [0.15, 0.2) is 41.3 Å². The Labute approximate surface area is 147 Å². The van der Waals surface area contributed by atoms with Gasteiger partial charge >= 0.3 is 0 Å². The number of aryl methyl sites for hydroxylation is 3. The Hall–Kier alpha value is -2.56. The van der Waals surface area contributed by atoms with E-state index in [0.717, 1.165) is 29.7 Å². The van der Waals surface area contributed by atoms with Crippen molar-refractivity contribution < 1.29 is 9.53 Å². The van der Waals surface area contributed by atoms with Crippen molar-refractivity contribution in [1.29, 1.82) is 0 Å². The number of ether oxygens (including phenoxy) is 1. The van der Waals surface area contributed by atoms with Gasteiger partial charge in [-0.2, -0.15) is 0 Å². The van der Waals surface area contributed by atoms with Crippen LogP contribution in [0.3, 0.4) is 0 Å². The van der Waals surface area contributed by atoms with Crippen LogP contribution in [0.2, 0.25) is 0 Å². The van der Waals surface area contributed by atoms with Crippen LogP contribution in [0.5, 0.6) is 5.75 Å². The second-order valence-corrected chi connectivity index (χ2v) is 6.69.